The molecule has 0 saturated carbocycles. The summed E-state index contributed by atoms with van der Waals surface area (Å²) in [5.41, 5.74) is 0. The van der Waals surface area contributed by atoms with Crippen molar-refractivity contribution in [2.24, 2.45) is 0 Å². The van der Waals surface area contributed by atoms with Gasteiger partial charge in [-0.25, -0.2) is 0 Å². The van der Waals surface area contributed by atoms with E-state index in [2.05, 4.69) is 35.8 Å². The Morgan fingerprint density at radius 3 is 1.69 bits per heavy atom. The van der Waals surface area contributed by atoms with Crippen LogP contribution in [0.5, 0.6) is 0 Å². The first-order valence-electron chi connectivity index (χ1n) is 20.8. The summed E-state index contributed by atoms with van der Waals surface area (Å²) in [6.45, 7) is 12.2. The number of esters is 2. The summed E-state index contributed by atoms with van der Waals surface area (Å²) in [7, 11) is 0. The van der Waals surface area contributed by atoms with Gasteiger partial charge in [-0.1, -0.05) is 129 Å². The normalized spacial score (nSPS) is 12.1. The molecule has 0 N–H and O–H groups in total. The van der Waals surface area contributed by atoms with Crippen LogP contribution >= 0.6 is 0 Å². The molecule has 0 fully saturated rings. The predicted octanol–water partition coefficient (Wildman–Crippen LogP) is 11.3. The van der Waals surface area contributed by atoms with Crippen LogP contribution in [-0.2, 0) is 25.5 Å². The molecule has 0 aliphatic rings. The van der Waals surface area contributed by atoms with Crippen LogP contribution in [0.4, 0.5) is 0 Å². The molecule has 0 radical (unpaired) electrons. The number of carbonyl (C=O) groups excluding carboxylic acids is 2. The summed E-state index contributed by atoms with van der Waals surface area (Å²) in [4.78, 5) is 31.5. The molecule has 0 aromatic carbocycles. The maximum atomic E-state index is 12.6. The number of aromatic nitrogens is 2. The lowest BCUT2D eigenvalue weighted by atomic mass is 10.0. The van der Waals surface area contributed by atoms with Crippen molar-refractivity contribution in [3.63, 3.8) is 0 Å². The van der Waals surface area contributed by atoms with Crippen molar-refractivity contribution in [3.8, 4) is 0 Å². The zero-order chi connectivity index (χ0) is 35.6. The number of rotatable bonds is 36. The van der Waals surface area contributed by atoms with E-state index in [-0.39, 0.29) is 18.0 Å². The van der Waals surface area contributed by atoms with Gasteiger partial charge in [-0.05, 0) is 77.8 Å². The average Bonchev–Trinajstić information content (AvgIpc) is 3.51. The van der Waals surface area contributed by atoms with E-state index in [9.17, 15) is 9.59 Å². The van der Waals surface area contributed by atoms with Gasteiger partial charge in [0, 0.05) is 25.8 Å². The highest BCUT2D eigenvalue weighted by molar-refractivity contribution is 5.69. The molecule has 1 unspecified atom stereocenters. The van der Waals surface area contributed by atoms with Crippen LogP contribution in [0.3, 0.4) is 0 Å². The quantitative estimate of drug-likeness (QED) is 0.0507. The second kappa shape index (κ2) is 33.2. The van der Waals surface area contributed by atoms with Crippen molar-refractivity contribution < 1.29 is 23.6 Å². The Bertz CT molecular complexity index is 892. The number of nitrogens with zero attached hydrogens (tertiary/aromatic N) is 3. The molecule has 8 heteroatoms. The van der Waals surface area contributed by atoms with Gasteiger partial charge in [-0.15, -0.1) is 0 Å². The molecule has 1 rings (SSSR count). The van der Waals surface area contributed by atoms with Crippen molar-refractivity contribution in [3.05, 3.63) is 11.7 Å². The Morgan fingerprint density at radius 1 is 0.612 bits per heavy atom. The van der Waals surface area contributed by atoms with Crippen LogP contribution in [0.15, 0.2) is 4.52 Å². The molecule has 49 heavy (non-hydrogen) atoms. The fourth-order valence-corrected chi connectivity index (χ4v) is 6.37. The minimum absolute atomic E-state index is 0.00265. The van der Waals surface area contributed by atoms with Crippen LogP contribution in [0.25, 0.3) is 0 Å². The number of aryl methyl sites for hydroxylation is 1. The Balaban J connectivity index is 2.22. The van der Waals surface area contributed by atoms with Crippen molar-refractivity contribution >= 4 is 11.9 Å². The van der Waals surface area contributed by atoms with E-state index in [1.54, 1.807) is 0 Å². The van der Waals surface area contributed by atoms with Gasteiger partial charge >= 0.3 is 11.9 Å². The zero-order valence-corrected chi connectivity index (χ0v) is 32.6. The van der Waals surface area contributed by atoms with Gasteiger partial charge in [0.15, 0.2) is 5.82 Å². The third-order valence-electron chi connectivity index (χ3n) is 9.49. The third-order valence-corrected chi connectivity index (χ3v) is 9.49. The van der Waals surface area contributed by atoms with E-state index in [1.807, 2.05) is 6.92 Å². The van der Waals surface area contributed by atoms with E-state index in [0.717, 1.165) is 110 Å². The van der Waals surface area contributed by atoms with Crippen LogP contribution in [0, 0.1) is 6.92 Å². The van der Waals surface area contributed by atoms with Gasteiger partial charge < -0.3 is 18.9 Å². The second-order valence-electron chi connectivity index (χ2n) is 14.3. The maximum absolute atomic E-state index is 12.6. The second-order valence-corrected chi connectivity index (χ2v) is 14.3. The van der Waals surface area contributed by atoms with Crippen LogP contribution in [0.1, 0.15) is 206 Å². The van der Waals surface area contributed by atoms with Crippen LogP contribution < -0.4 is 0 Å². The summed E-state index contributed by atoms with van der Waals surface area (Å²) in [6, 6.07) is 0. The molecule has 8 nitrogen and oxygen atoms in total. The van der Waals surface area contributed by atoms with Crippen LogP contribution in [-0.4, -0.2) is 59.3 Å². The molecule has 1 heterocycles. The van der Waals surface area contributed by atoms with Gasteiger partial charge in [0.25, 0.3) is 0 Å². The third kappa shape index (κ3) is 28.4. The molecule has 0 aliphatic carbocycles. The van der Waals surface area contributed by atoms with Crippen molar-refractivity contribution in [2.75, 3.05) is 26.2 Å². The maximum Gasteiger partial charge on any atom is 0.306 e. The smallest absolute Gasteiger partial charge is 0.306 e. The Kier molecular flexibility index (Phi) is 30.5. The Morgan fingerprint density at radius 2 is 1.10 bits per heavy atom. The molecule has 0 aliphatic heterocycles. The minimum Gasteiger partial charge on any atom is -0.466 e. The van der Waals surface area contributed by atoms with Crippen molar-refractivity contribution in [1.82, 2.24) is 15.0 Å². The predicted molar refractivity (Wildman–Crippen MR) is 202 cm³/mol. The Hall–Kier alpha value is -1.96. The lowest BCUT2D eigenvalue weighted by Crippen LogP contribution is -2.28. The topological polar surface area (TPSA) is 94.8 Å². The molecule has 0 bridgehead atoms. The summed E-state index contributed by atoms with van der Waals surface area (Å²) in [5.74, 6) is 1.38. The highest BCUT2D eigenvalue weighted by Gasteiger charge is 2.14. The molecule has 1 atom stereocenters. The zero-order valence-electron chi connectivity index (χ0n) is 32.6. The molecule has 1 aromatic heterocycles. The van der Waals surface area contributed by atoms with Gasteiger partial charge in [0.05, 0.1) is 6.61 Å². The first-order chi connectivity index (χ1) is 24.0. The first kappa shape index (κ1) is 45.1. The molecular formula is C41H77N3O5. The summed E-state index contributed by atoms with van der Waals surface area (Å²) < 4.78 is 16.7. The van der Waals surface area contributed by atoms with Gasteiger partial charge in [-0.2, -0.15) is 4.98 Å². The number of ether oxygens (including phenoxy) is 2. The van der Waals surface area contributed by atoms with Crippen molar-refractivity contribution in [1.29, 1.82) is 0 Å². The summed E-state index contributed by atoms with van der Waals surface area (Å²) in [5, 5.41) is 3.94. The fourth-order valence-electron chi connectivity index (χ4n) is 6.37. The average molecular weight is 692 g/mol. The van der Waals surface area contributed by atoms with E-state index in [0.29, 0.717) is 31.2 Å². The lowest BCUT2D eigenvalue weighted by molar-refractivity contribution is -0.150. The van der Waals surface area contributed by atoms with E-state index < -0.39 is 0 Å². The monoisotopic (exact) mass is 692 g/mol. The molecule has 0 saturated heterocycles. The number of hydrogen-bond donors (Lipinski definition) is 0. The number of hydrogen-bond acceptors (Lipinski definition) is 8. The molecule has 0 spiro atoms. The first-order valence-corrected chi connectivity index (χ1v) is 20.8. The highest BCUT2D eigenvalue weighted by atomic mass is 16.5. The van der Waals surface area contributed by atoms with E-state index in [4.69, 9.17) is 14.0 Å². The van der Waals surface area contributed by atoms with Gasteiger partial charge in [-0.3, -0.25) is 9.59 Å². The SMILES string of the molecule is CCCCCCCCOC(=O)CCCCCCCN(CCCCCCCC(=O)OC(CCCCC)CCCCCC)CCc1nc(C)no1. The summed E-state index contributed by atoms with van der Waals surface area (Å²) in [6.07, 6.45) is 30.8. The fraction of sp³-hybridized carbons (Fsp3) is 0.902. The molecular weight excluding hydrogens is 614 g/mol. The minimum atomic E-state index is -0.0319. The van der Waals surface area contributed by atoms with Gasteiger partial charge in [0.2, 0.25) is 5.89 Å². The van der Waals surface area contributed by atoms with E-state index in [1.165, 1.54) is 77.0 Å². The van der Waals surface area contributed by atoms with Gasteiger partial charge in [0.1, 0.15) is 6.10 Å². The number of unbranched alkanes of at least 4 members (excludes halogenated alkanes) is 18. The largest absolute Gasteiger partial charge is 0.466 e. The standard InChI is InChI=1S/C41H77N3O5/c1-5-8-11-13-20-27-36-47-40(45)30-23-16-14-18-25-33-44(35-32-39-42-37(4)43-49-39)34-26-19-15-17-24-31-41(46)48-38(28-21-10-7-3)29-22-12-9-6-2/h38H,5-36H2,1-4H3. The van der Waals surface area contributed by atoms with E-state index >= 15 is 0 Å². The molecule has 286 valence electrons. The highest BCUT2D eigenvalue weighted by Crippen LogP contribution is 2.17. The summed E-state index contributed by atoms with van der Waals surface area (Å²) >= 11 is 0. The van der Waals surface area contributed by atoms with Crippen LogP contribution in [0.2, 0.25) is 0 Å². The van der Waals surface area contributed by atoms with Crippen molar-refractivity contribution in [2.45, 2.75) is 214 Å². The lowest BCUT2D eigenvalue weighted by Gasteiger charge is -2.21. The molecule has 1 aromatic rings. The molecule has 0 amide bonds. The Labute approximate surface area is 301 Å². The number of carbonyl (C=O) groups is 2.